The van der Waals surface area contributed by atoms with E-state index in [-0.39, 0.29) is 6.04 Å². The highest BCUT2D eigenvalue weighted by Gasteiger charge is 2.24. The Kier molecular flexibility index (Phi) is 5.60. The molecule has 0 atom stereocenters. The smallest absolute Gasteiger partial charge is 0.240 e. The van der Waals surface area contributed by atoms with Gasteiger partial charge in [0.25, 0.3) is 0 Å². The van der Waals surface area contributed by atoms with Crippen molar-refractivity contribution in [1.82, 2.24) is 9.62 Å². The fourth-order valence-electron chi connectivity index (χ4n) is 2.49. The summed E-state index contributed by atoms with van der Waals surface area (Å²) in [6.07, 6.45) is 2.92. The number of halogens is 1. The fraction of sp³-hybridized carbons (Fsp3) is 0.571. The second-order valence-electron chi connectivity index (χ2n) is 5.19. The highest BCUT2D eigenvalue weighted by Crippen LogP contribution is 2.17. The molecule has 6 heteroatoms. The predicted molar refractivity (Wildman–Crippen MR) is 84.2 cm³/mol. The number of hydrogen-bond donors (Lipinski definition) is 1. The maximum Gasteiger partial charge on any atom is 0.240 e. The van der Waals surface area contributed by atoms with Crippen molar-refractivity contribution in [2.45, 2.75) is 37.1 Å². The molecule has 1 aliphatic heterocycles. The van der Waals surface area contributed by atoms with Gasteiger partial charge >= 0.3 is 0 Å². The molecule has 0 saturated carbocycles. The van der Waals surface area contributed by atoms with Crippen LogP contribution in [0.1, 0.15) is 26.2 Å². The lowest BCUT2D eigenvalue weighted by Crippen LogP contribution is -2.44. The third-order valence-electron chi connectivity index (χ3n) is 3.57. The minimum absolute atomic E-state index is 0.0525. The molecule has 0 aliphatic carbocycles. The molecule has 1 saturated heterocycles. The van der Waals surface area contributed by atoms with Crippen molar-refractivity contribution in [3.63, 3.8) is 0 Å². The van der Waals surface area contributed by atoms with Gasteiger partial charge < -0.3 is 4.90 Å². The number of sulfonamides is 1. The Bertz CT molecular complexity index is 523. The number of benzene rings is 1. The molecule has 0 unspecified atom stereocenters. The molecular formula is C14H21BrN2O2S. The Hall–Kier alpha value is -0.430. The van der Waals surface area contributed by atoms with Crippen molar-refractivity contribution in [1.29, 1.82) is 0 Å². The van der Waals surface area contributed by atoms with E-state index in [1.807, 2.05) is 0 Å². The number of likely N-dealkylation sites (tertiary alicyclic amines) is 1. The first-order valence-electron chi connectivity index (χ1n) is 7.01. The van der Waals surface area contributed by atoms with Crippen molar-refractivity contribution in [3.05, 3.63) is 28.7 Å². The molecule has 1 aromatic rings. The average molecular weight is 361 g/mol. The maximum absolute atomic E-state index is 12.3. The number of piperidine rings is 1. The molecule has 4 nitrogen and oxygen atoms in total. The van der Waals surface area contributed by atoms with Crippen molar-refractivity contribution >= 4 is 26.0 Å². The van der Waals surface area contributed by atoms with Gasteiger partial charge in [0, 0.05) is 10.5 Å². The Morgan fingerprint density at radius 3 is 2.40 bits per heavy atom. The molecule has 0 radical (unpaired) electrons. The minimum Gasteiger partial charge on any atom is -0.303 e. The molecule has 0 bridgehead atoms. The topological polar surface area (TPSA) is 49.4 Å². The SMILES string of the molecule is CCCN1CCC(NS(=O)(=O)c2ccc(Br)cc2)CC1. The molecule has 1 N–H and O–H groups in total. The summed E-state index contributed by atoms with van der Waals surface area (Å²) in [7, 11) is -3.40. The van der Waals surface area contributed by atoms with E-state index in [0.717, 1.165) is 43.4 Å². The zero-order valence-corrected chi connectivity index (χ0v) is 14.1. The zero-order chi connectivity index (χ0) is 14.6. The fourth-order valence-corrected chi connectivity index (χ4v) is 4.06. The third-order valence-corrected chi connectivity index (χ3v) is 5.64. The average Bonchev–Trinajstić information content (AvgIpc) is 2.41. The Morgan fingerprint density at radius 1 is 1.25 bits per heavy atom. The molecule has 112 valence electrons. The summed E-state index contributed by atoms with van der Waals surface area (Å²) in [6.45, 7) is 5.22. The minimum atomic E-state index is -3.40. The van der Waals surface area contributed by atoms with Crippen LogP contribution in [0.3, 0.4) is 0 Å². The standard InChI is InChI=1S/C14H21BrN2O2S/c1-2-9-17-10-7-13(8-11-17)16-20(18,19)14-5-3-12(15)4-6-14/h3-6,13,16H,2,7-11H2,1H3. The summed E-state index contributed by atoms with van der Waals surface area (Å²) >= 11 is 3.31. The molecule has 1 fully saturated rings. The highest BCUT2D eigenvalue weighted by atomic mass is 79.9. The first-order valence-corrected chi connectivity index (χ1v) is 9.29. The van der Waals surface area contributed by atoms with E-state index in [0.29, 0.717) is 4.90 Å². The molecule has 1 aromatic carbocycles. The van der Waals surface area contributed by atoms with Gasteiger partial charge in [-0.1, -0.05) is 22.9 Å². The van der Waals surface area contributed by atoms with Gasteiger partial charge in [-0.15, -0.1) is 0 Å². The van der Waals surface area contributed by atoms with Crippen LogP contribution >= 0.6 is 15.9 Å². The van der Waals surface area contributed by atoms with Crippen molar-refractivity contribution < 1.29 is 8.42 Å². The van der Waals surface area contributed by atoms with Gasteiger partial charge in [0.15, 0.2) is 0 Å². The van der Waals surface area contributed by atoms with Gasteiger partial charge in [-0.3, -0.25) is 0 Å². The summed E-state index contributed by atoms with van der Waals surface area (Å²) in [5.74, 6) is 0. The summed E-state index contributed by atoms with van der Waals surface area (Å²) in [5.41, 5.74) is 0. The van der Waals surface area contributed by atoms with E-state index in [4.69, 9.17) is 0 Å². The quantitative estimate of drug-likeness (QED) is 0.877. The van der Waals surface area contributed by atoms with Gasteiger partial charge in [-0.05, 0) is 63.2 Å². The van der Waals surface area contributed by atoms with Crippen molar-refractivity contribution in [2.75, 3.05) is 19.6 Å². The van der Waals surface area contributed by atoms with Gasteiger partial charge in [0.05, 0.1) is 4.90 Å². The summed E-state index contributed by atoms with van der Waals surface area (Å²) in [5, 5.41) is 0. The number of nitrogens with one attached hydrogen (secondary N) is 1. The first kappa shape index (κ1) is 15.9. The molecule has 0 amide bonds. The van der Waals surface area contributed by atoms with Crippen LogP contribution in [0, 0.1) is 0 Å². The van der Waals surface area contributed by atoms with Crippen LogP contribution in [0.5, 0.6) is 0 Å². The van der Waals surface area contributed by atoms with Crippen molar-refractivity contribution in [3.8, 4) is 0 Å². The van der Waals surface area contributed by atoms with E-state index in [2.05, 4.69) is 32.5 Å². The van der Waals surface area contributed by atoms with Crippen LogP contribution in [-0.4, -0.2) is 39.0 Å². The lowest BCUT2D eigenvalue weighted by Gasteiger charge is -2.31. The van der Waals surface area contributed by atoms with E-state index >= 15 is 0 Å². The monoisotopic (exact) mass is 360 g/mol. The summed E-state index contributed by atoms with van der Waals surface area (Å²) < 4.78 is 28.3. The zero-order valence-electron chi connectivity index (χ0n) is 11.7. The number of hydrogen-bond acceptors (Lipinski definition) is 3. The molecular weight excluding hydrogens is 340 g/mol. The van der Waals surface area contributed by atoms with Gasteiger partial charge in [0.1, 0.15) is 0 Å². The summed E-state index contributed by atoms with van der Waals surface area (Å²) in [4.78, 5) is 2.72. The van der Waals surface area contributed by atoms with Crippen LogP contribution in [0.15, 0.2) is 33.6 Å². The van der Waals surface area contributed by atoms with Crippen LogP contribution < -0.4 is 4.72 Å². The van der Waals surface area contributed by atoms with E-state index < -0.39 is 10.0 Å². The first-order chi connectivity index (χ1) is 9.51. The Balaban J connectivity index is 1.94. The van der Waals surface area contributed by atoms with Gasteiger partial charge in [-0.2, -0.15) is 0 Å². The Morgan fingerprint density at radius 2 is 1.85 bits per heavy atom. The number of nitrogens with zero attached hydrogens (tertiary/aromatic N) is 1. The maximum atomic E-state index is 12.3. The molecule has 20 heavy (non-hydrogen) atoms. The van der Waals surface area contributed by atoms with E-state index in [1.165, 1.54) is 0 Å². The normalized spacial score (nSPS) is 18.3. The van der Waals surface area contributed by atoms with E-state index in [9.17, 15) is 8.42 Å². The van der Waals surface area contributed by atoms with Crippen LogP contribution in [0.2, 0.25) is 0 Å². The van der Waals surface area contributed by atoms with Crippen LogP contribution in [0.25, 0.3) is 0 Å². The summed E-state index contributed by atoms with van der Waals surface area (Å²) in [6, 6.07) is 6.80. The molecule has 1 aliphatic rings. The molecule has 2 rings (SSSR count). The predicted octanol–water partition coefficient (Wildman–Crippen LogP) is 2.60. The molecule has 0 spiro atoms. The molecule has 1 heterocycles. The van der Waals surface area contributed by atoms with Gasteiger partial charge in [-0.25, -0.2) is 13.1 Å². The second kappa shape index (κ2) is 7.02. The highest BCUT2D eigenvalue weighted by molar-refractivity contribution is 9.10. The largest absolute Gasteiger partial charge is 0.303 e. The third kappa shape index (κ3) is 4.28. The second-order valence-corrected chi connectivity index (χ2v) is 7.82. The Labute approximate surface area is 129 Å². The van der Waals surface area contributed by atoms with Crippen LogP contribution in [-0.2, 0) is 10.0 Å². The lowest BCUT2D eigenvalue weighted by molar-refractivity contribution is 0.208. The lowest BCUT2D eigenvalue weighted by atomic mass is 10.1. The van der Waals surface area contributed by atoms with E-state index in [1.54, 1.807) is 24.3 Å². The van der Waals surface area contributed by atoms with Gasteiger partial charge in [0.2, 0.25) is 10.0 Å². The van der Waals surface area contributed by atoms with Crippen molar-refractivity contribution in [2.24, 2.45) is 0 Å². The van der Waals surface area contributed by atoms with Crippen LogP contribution in [0.4, 0.5) is 0 Å². The molecule has 0 aromatic heterocycles. The number of rotatable bonds is 5.